The Hall–Kier alpha value is -0.670. The zero-order chi connectivity index (χ0) is 11.5. The molecule has 15 heavy (non-hydrogen) atoms. The minimum atomic E-state index is -2.90. The predicted octanol–water partition coefficient (Wildman–Crippen LogP) is 3.01. The fourth-order valence-corrected chi connectivity index (χ4v) is 2.20. The Morgan fingerprint density at radius 2 is 2.13 bits per heavy atom. The fourth-order valence-electron chi connectivity index (χ4n) is 2.20. The van der Waals surface area contributed by atoms with E-state index < -0.39 is 17.8 Å². The van der Waals surface area contributed by atoms with Crippen molar-refractivity contribution in [3.63, 3.8) is 0 Å². The number of alkyl halides is 2. The smallest absolute Gasteiger partial charge is 0.315 e. The summed E-state index contributed by atoms with van der Waals surface area (Å²) in [5.41, 5.74) is 0. The van der Waals surface area contributed by atoms with Crippen LogP contribution in [0, 0.1) is 11.8 Å². The Morgan fingerprint density at radius 1 is 1.47 bits per heavy atom. The molecule has 1 aliphatic carbocycles. The van der Waals surface area contributed by atoms with Gasteiger partial charge in [0.25, 0.3) is 5.92 Å². The topological polar surface area (TPSA) is 26.3 Å². The van der Waals surface area contributed by atoms with Crippen molar-refractivity contribution < 1.29 is 18.3 Å². The summed E-state index contributed by atoms with van der Waals surface area (Å²) in [6, 6.07) is 0. The predicted molar refractivity (Wildman–Crippen MR) is 52.7 cm³/mol. The average Bonchev–Trinajstić information content (AvgIpc) is 2.24. The molecule has 0 spiro atoms. The number of ether oxygens (including phenoxy) is 1. The Balaban J connectivity index is 2.81. The second-order valence-corrected chi connectivity index (χ2v) is 4.21. The van der Waals surface area contributed by atoms with Gasteiger partial charge >= 0.3 is 5.97 Å². The summed E-state index contributed by atoms with van der Waals surface area (Å²) in [6.45, 7) is 3.51. The third-order valence-electron chi connectivity index (χ3n) is 2.98. The first-order valence-corrected chi connectivity index (χ1v) is 5.53. The highest BCUT2D eigenvalue weighted by Crippen LogP contribution is 2.40. The van der Waals surface area contributed by atoms with Crippen molar-refractivity contribution in [1.82, 2.24) is 0 Å². The molecule has 0 heterocycles. The zero-order valence-electron chi connectivity index (χ0n) is 9.26. The standard InChI is InChI=1S/C11H18F2O2/c1-3-15-10(14)9-8(2)6-4-5-7-11(9,12)13/h8-9H,3-7H2,1-2H3/t8-,9?/m0/s1. The monoisotopic (exact) mass is 220 g/mol. The van der Waals surface area contributed by atoms with Crippen molar-refractivity contribution in [3.05, 3.63) is 0 Å². The number of carbonyl (C=O) groups is 1. The summed E-state index contributed by atoms with van der Waals surface area (Å²) in [7, 11) is 0. The molecule has 0 aromatic rings. The molecule has 0 aromatic carbocycles. The molecule has 0 amide bonds. The second-order valence-electron chi connectivity index (χ2n) is 4.21. The van der Waals surface area contributed by atoms with Crippen LogP contribution in [0.15, 0.2) is 0 Å². The van der Waals surface area contributed by atoms with Gasteiger partial charge in [-0.05, 0) is 25.7 Å². The maximum Gasteiger partial charge on any atom is 0.315 e. The molecule has 0 bridgehead atoms. The Labute approximate surface area is 89.0 Å². The Bertz CT molecular complexity index is 229. The van der Waals surface area contributed by atoms with Crippen LogP contribution in [-0.2, 0) is 9.53 Å². The van der Waals surface area contributed by atoms with E-state index in [0.717, 1.165) is 6.42 Å². The molecule has 4 heteroatoms. The number of esters is 1. The quantitative estimate of drug-likeness (QED) is 0.528. The molecule has 0 aliphatic heterocycles. The highest BCUT2D eigenvalue weighted by atomic mass is 19.3. The van der Waals surface area contributed by atoms with Gasteiger partial charge in [-0.15, -0.1) is 0 Å². The van der Waals surface area contributed by atoms with E-state index in [1.165, 1.54) is 0 Å². The third kappa shape index (κ3) is 2.89. The molecule has 0 aromatic heterocycles. The highest BCUT2D eigenvalue weighted by molar-refractivity contribution is 5.74. The van der Waals surface area contributed by atoms with Gasteiger partial charge in [0.05, 0.1) is 6.61 Å². The average molecular weight is 220 g/mol. The summed E-state index contributed by atoms with van der Waals surface area (Å²) in [5.74, 6) is -5.18. The number of halogens is 2. The van der Waals surface area contributed by atoms with Crippen molar-refractivity contribution in [3.8, 4) is 0 Å². The van der Waals surface area contributed by atoms with Gasteiger partial charge < -0.3 is 4.74 Å². The molecule has 2 atom stereocenters. The van der Waals surface area contributed by atoms with Crippen LogP contribution >= 0.6 is 0 Å². The molecule has 1 unspecified atom stereocenters. The largest absolute Gasteiger partial charge is 0.466 e. The van der Waals surface area contributed by atoms with E-state index in [2.05, 4.69) is 0 Å². The molecule has 1 fully saturated rings. The summed E-state index contributed by atoms with van der Waals surface area (Å²) in [4.78, 5) is 11.5. The van der Waals surface area contributed by atoms with Crippen molar-refractivity contribution in [2.75, 3.05) is 6.61 Å². The Morgan fingerprint density at radius 3 is 2.73 bits per heavy atom. The molecule has 1 rings (SSSR count). The summed E-state index contributed by atoms with van der Waals surface area (Å²) in [5, 5.41) is 0. The van der Waals surface area contributed by atoms with Crippen LogP contribution in [-0.4, -0.2) is 18.5 Å². The van der Waals surface area contributed by atoms with Crippen LogP contribution in [0.5, 0.6) is 0 Å². The van der Waals surface area contributed by atoms with Gasteiger partial charge in [0, 0.05) is 6.42 Å². The molecule has 2 nitrogen and oxygen atoms in total. The fraction of sp³-hybridized carbons (Fsp3) is 0.909. The lowest BCUT2D eigenvalue weighted by molar-refractivity contribution is -0.168. The molecule has 1 saturated carbocycles. The minimum absolute atomic E-state index is 0.165. The first-order valence-electron chi connectivity index (χ1n) is 5.53. The first kappa shape index (κ1) is 12.4. The summed E-state index contributed by atoms with van der Waals surface area (Å²) >= 11 is 0. The number of hydrogen-bond acceptors (Lipinski definition) is 2. The van der Waals surface area contributed by atoms with Crippen LogP contribution in [0.25, 0.3) is 0 Å². The molecule has 1 aliphatic rings. The van der Waals surface area contributed by atoms with Crippen LogP contribution < -0.4 is 0 Å². The molecule has 0 N–H and O–H groups in total. The van der Waals surface area contributed by atoms with E-state index in [-0.39, 0.29) is 18.9 Å². The van der Waals surface area contributed by atoms with Gasteiger partial charge in [-0.3, -0.25) is 4.79 Å². The maximum absolute atomic E-state index is 13.7. The van der Waals surface area contributed by atoms with E-state index in [9.17, 15) is 13.6 Å². The van der Waals surface area contributed by atoms with Crippen LogP contribution in [0.2, 0.25) is 0 Å². The van der Waals surface area contributed by atoms with Crippen LogP contribution in [0.1, 0.15) is 39.5 Å². The second kappa shape index (κ2) is 4.90. The van der Waals surface area contributed by atoms with Gasteiger partial charge in [0.15, 0.2) is 0 Å². The highest BCUT2D eigenvalue weighted by Gasteiger charge is 2.48. The lowest BCUT2D eigenvalue weighted by atomic mass is 9.87. The number of carbonyl (C=O) groups excluding carboxylic acids is 1. The van der Waals surface area contributed by atoms with Gasteiger partial charge in [-0.1, -0.05) is 13.3 Å². The summed E-state index contributed by atoms with van der Waals surface area (Å²) in [6.07, 6.45) is 1.75. The van der Waals surface area contributed by atoms with Crippen molar-refractivity contribution in [2.45, 2.75) is 45.5 Å². The van der Waals surface area contributed by atoms with Crippen molar-refractivity contribution in [1.29, 1.82) is 0 Å². The van der Waals surface area contributed by atoms with Crippen molar-refractivity contribution in [2.24, 2.45) is 11.8 Å². The van der Waals surface area contributed by atoms with Gasteiger partial charge in [-0.25, -0.2) is 8.78 Å². The molecule has 88 valence electrons. The molecule has 0 saturated heterocycles. The Kier molecular flexibility index (Phi) is 4.05. The van der Waals surface area contributed by atoms with Crippen LogP contribution in [0.4, 0.5) is 8.78 Å². The number of rotatable bonds is 2. The first-order chi connectivity index (χ1) is 6.99. The zero-order valence-corrected chi connectivity index (χ0v) is 9.26. The van der Waals surface area contributed by atoms with E-state index in [0.29, 0.717) is 12.8 Å². The van der Waals surface area contributed by atoms with E-state index in [1.807, 2.05) is 0 Å². The van der Waals surface area contributed by atoms with Gasteiger partial charge in [-0.2, -0.15) is 0 Å². The number of hydrogen-bond donors (Lipinski definition) is 0. The summed E-state index contributed by atoms with van der Waals surface area (Å²) < 4.78 is 32.0. The normalized spacial score (nSPS) is 30.7. The molecular formula is C11H18F2O2. The molecular weight excluding hydrogens is 202 g/mol. The van der Waals surface area contributed by atoms with Crippen LogP contribution in [0.3, 0.4) is 0 Å². The van der Waals surface area contributed by atoms with Gasteiger partial charge in [0.2, 0.25) is 0 Å². The van der Waals surface area contributed by atoms with E-state index in [4.69, 9.17) is 4.74 Å². The van der Waals surface area contributed by atoms with E-state index in [1.54, 1.807) is 13.8 Å². The van der Waals surface area contributed by atoms with Crippen molar-refractivity contribution >= 4 is 5.97 Å². The molecule has 0 radical (unpaired) electrons. The SMILES string of the molecule is CCOC(=O)C1[C@@H](C)CCCCC1(F)F. The van der Waals surface area contributed by atoms with Gasteiger partial charge in [0.1, 0.15) is 5.92 Å². The lowest BCUT2D eigenvalue weighted by Crippen LogP contribution is -2.39. The minimum Gasteiger partial charge on any atom is -0.466 e. The third-order valence-corrected chi connectivity index (χ3v) is 2.98. The maximum atomic E-state index is 13.7. The lowest BCUT2D eigenvalue weighted by Gasteiger charge is -2.27. The van der Waals surface area contributed by atoms with E-state index >= 15 is 0 Å².